The van der Waals surface area contributed by atoms with E-state index >= 15 is 0 Å². The van der Waals surface area contributed by atoms with Crippen LogP contribution in [0.15, 0.2) is 17.7 Å². The van der Waals surface area contributed by atoms with E-state index in [2.05, 4.69) is 0 Å². The molecule has 0 atom stereocenters. The third-order valence-corrected chi connectivity index (χ3v) is 2.50. The molecular formula is C13H13N3O5. The zero-order valence-electron chi connectivity index (χ0n) is 11.5. The van der Waals surface area contributed by atoms with Gasteiger partial charge in [-0.1, -0.05) is 0 Å². The summed E-state index contributed by atoms with van der Waals surface area (Å²) >= 11 is 0. The van der Waals surface area contributed by atoms with E-state index < -0.39 is 16.4 Å². The van der Waals surface area contributed by atoms with E-state index in [4.69, 9.17) is 20.5 Å². The maximum atomic E-state index is 11.1. The minimum absolute atomic E-state index is 0.0274. The highest BCUT2D eigenvalue weighted by Gasteiger charge is 2.19. The van der Waals surface area contributed by atoms with Crippen LogP contribution >= 0.6 is 0 Å². The molecule has 0 radical (unpaired) electrons. The van der Waals surface area contributed by atoms with Crippen LogP contribution in [-0.4, -0.2) is 24.5 Å². The number of nitriles is 1. The molecule has 8 nitrogen and oxygen atoms in total. The minimum Gasteiger partial charge on any atom is -0.493 e. The second kappa shape index (κ2) is 6.91. The van der Waals surface area contributed by atoms with E-state index in [9.17, 15) is 14.9 Å². The average molecular weight is 291 g/mol. The van der Waals surface area contributed by atoms with Crippen LogP contribution in [0.25, 0.3) is 6.08 Å². The minimum atomic E-state index is -0.972. The largest absolute Gasteiger partial charge is 0.493 e. The molecule has 1 aromatic carbocycles. The number of rotatable bonds is 6. The number of nitro benzene ring substituents is 1. The molecule has 0 aromatic heterocycles. The number of nitrogens with two attached hydrogens (primary N) is 1. The Labute approximate surface area is 120 Å². The Morgan fingerprint density at radius 1 is 1.52 bits per heavy atom. The summed E-state index contributed by atoms with van der Waals surface area (Å²) in [7, 11) is 1.35. The highest BCUT2D eigenvalue weighted by atomic mass is 16.6. The first-order chi connectivity index (χ1) is 9.94. The molecule has 0 saturated heterocycles. The Morgan fingerprint density at radius 2 is 2.19 bits per heavy atom. The normalized spacial score (nSPS) is 10.6. The van der Waals surface area contributed by atoms with E-state index in [0.29, 0.717) is 6.61 Å². The van der Waals surface area contributed by atoms with Gasteiger partial charge < -0.3 is 15.2 Å². The van der Waals surface area contributed by atoms with Crippen molar-refractivity contribution in [3.05, 3.63) is 33.4 Å². The maximum absolute atomic E-state index is 11.1. The van der Waals surface area contributed by atoms with Crippen LogP contribution in [-0.2, 0) is 4.79 Å². The van der Waals surface area contributed by atoms with Crippen LogP contribution < -0.4 is 15.2 Å². The van der Waals surface area contributed by atoms with Crippen molar-refractivity contribution >= 4 is 17.7 Å². The topological polar surface area (TPSA) is 128 Å². The lowest BCUT2D eigenvalue weighted by Gasteiger charge is -2.10. The van der Waals surface area contributed by atoms with Crippen molar-refractivity contribution in [3.63, 3.8) is 0 Å². The Morgan fingerprint density at radius 3 is 2.62 bits per heavy atom. The van der Waals surface area contributed by atoms with Gasteiger partial charge in [-0.05, 0) is 19.1 Å². The highest BCUT2D eigenvalue weighted by molar-refractivity contribution is 6.01. The van der Waals surface area contributed by atoms with E-state index in [1.807, 2.05) is 0 Å². The van der Waals surface area contributed by atoms with Crippen molar-refractivity contribution < 1.29 is 19.2 Å². The summed E-state index contributed by atoms with van der Waals surface area (Å²) < 4.78 is 10.3. The van der Waals surface area contributed by atoms with Gasteiger partial charge in [-0.25, -0.2) is 0 Å². The summed E-state index contributed by atoms with van der Waals surface area (Å²) in [5, 5.41) is 19.9. The van der Waals surface area contributed by atoms with Crippen molar-refractivity contribution in [2.45, 2.75) is 6.92 Å². The Bertz CT molecular complexity index is 646. The molecule has 0 saturated carbocycles. The zero-order valence-corrected chi connectivity index (χ0v) is 11.5. The van der Waals surface area contributed by atoms with Gasteiger partial charge in [-0.15, -0.1) is 0 Å². The number of ether oxygens (including phenoxy) is 2. The molecule has 0 bridgehead atoms. The van der Waals surface area contributed by atoms with Crippen molar-refractivity contribution in [2.24, 2.45) is 5.73 Å². The summed E-state index contributed by atoms with van der Waals surface area (Å²) in [5.74, 6) is -0.530. The number of nitro groups is 1. The molecule has 0 unspecified atom stereocenters. The molecule has 0 fully saturated rings. The molecular weight excluding hydrogens is 278 g/mol. The van der Waals surface area contributed by atoms with Gasteiger partial charge >= 0.3 is 0 Å². The van der Waals surface area contributed by atoms with E-state index in [0.717, 1.165) is 12.1 Å². The van der Waals surface area contributed by atoms with Gasteiger partial charge in [0.15, 0.2) is 11.5 Å². The molecule has 0 spiro atoms. The van der Waals surface area contributed by atoms with E-state index in [-0.39, 0.29) is 22.7 Å². The van der Waals surface area contributed by atoms with Gasteiger partial charge in [0.25, 0.3) is 11.6 Å². The number of benzene rings is 1. The van der Waals surface area contributed by atoms with Gasteiger partial charge in [-0.2, -0.15) is 5.26 Å². The number of methoxy groups -OCH3 is 1. The van der Waals surface area contributed by atoms with E-state index in [1.165, 1.54) is 13.2 Å². The van der Waals surface area contributed by atoms with Gasteiger partial charge in [0.2, 0.25) is 0 Å². The second-order valence-corrected chi connectivity index (χ2v) is 3.79. The van der Waals surface area contributed by atoms with Crippen LogP contribution in [0.2, 0.25) is 0 Å². The summed E-state index contributed by atoms with van der Waals surface area (Å²) in [4.78, 5) is 21.5. The van der Waals surface area contributed by atoms with Gasteiger partial charge in [0.1, 0.15) is 11.6 Å². The first-order valence-corrected chi connectivity index (χ1v) is 5.85. The first kappa shape index (κ1) is 16.0. The molecule has 8 heteroatoms. The number of hydrogen-bond donors (Lipinski definition) is 1. The Hall–Kier alpha value is -3.08. The Kier molecular flexibility index (Phi) is 5.25. The van der Waals surface area contributed by atoms with Crippen molar-refractivity contribution in [1.82, 2.24) is 0 Å². The van der Waals surface area contributed by atoms with Crippen molar-refractivity contribution in [2.75, 3.05) is 13.7 Å². The molecule has 0 aliphatic carbocycles. The summed E-state index contributed by atoms with van der Waals surface area (Å²) in [6.45, 7) is 2.05. The van der Waals surface area contributed by atoms with E-state index in [1.54, 1.807) is 13.0 Å². The molecule has 1 amide bonds. The van der Waals surface area contributed by atoms with Crippen LogP contribution in [0.4, 0.5) is 5.69 Å². The lowest BCUT2D eigenvalue weighted by molar-refractivity contribution is -0.385. The fraction of sp³-hybridized carbons (Fsp3) is 0.231. The van der Waals surface area contributed by atoms with Crippen molar-refractivity contribution in [3.8, 4) is 17.6 Å². The molecule has 110 valence electrons. The highest BCUT2D eigenvalue weighted by Crippen LogP contribution is 2.35. The molecule has 21 heavy (non-hydrogen) atoms. The SMILES string of the molecule is CCOc1cc(/C=C(\C#N)C(N)=O)c([N+](=O)[O-])cc1OC. The van der Waals surface area contributed by atoms with Gasteiger partial charge in [0.05, 0.1) is 30.3 Å². The quantitative estimate of drug-likeness (QED) is 0.365. The average Bonchev–Trinajstić information content (AvgIpc) is 2.44. The summed E-state index contributed by atoms with van der Waals surface area (Å²) in [5.41, 5.74) is 4.32. The lowest BCUT2D eigenvalue weighted by Crippen LogP contribution is -2.12. The molecule has 1 aromatic rings. The van der Waals surface area contributed by atoms with Crippen LogP contribution in [0.3, 0.4) is 0 Å². The molecule has 2 N–H and O–H groups in total. The lowest BCUT2D eigenvalue weighted by atomic mass is 10.1. The Balaban J connectivity index is 3.55. The fourth-order valence-electron chi connectivity index (χ4n) is 1.58. The van der Waals surface area contributed by atoms with Crippen LogP contribution in [0, 0.1) is 21.4 Å². The third kappa shape index (κ3) is 3.70. The number of nitrogens with zero attached hydrogens (tertiary/aromatic N) is 2. The number of carbonyl (C=O) groups is 1. The van der Waals surface area contributed by atoms with Crippen LogP contribution in [0.5, 0.6) is 11.5 Å². The summed E-state index contributed by atoms with van der Waals surface area (Å²) in [6.07, 6.45) is 1.04. The predicted octanol–water partition coefficient (Wildman–Crippen LogP) is 1.39. The molecule has 0 aliphatic rings. The monoisotopic (exact) mass is 291 g/mol. The smallest absolute Gasteiger partial charge is 0.280 e. The van der Waals surface area contributed by atoms with Crippen molar-refractivity contribution in [1.29, 1.82) is 5.26 Å². The second-order valence-electron chi connectivity index (χ2n) is 3.79. The first-order valence-electron chi connectivity index (χ1n) is 5.85. The summed E-state index contributed by atoms with van der Waals surface area (Å²) in [6, 6.07) is 4.07. The molecule has 1 rings (SSSR count). The predicted molar refractivity (Wildman–Crippen MR) is 73.6 cm³/mol. The van der Waals surface area contributed by atoms with Crippen LogP contribution in [0.1, 0.15) is 12.5 Å². The van der Waals surface area contributed by atoms with Gasteiger partial charge in [0, 0.05) is 0 Å². The number of amides is 1. The number of hydrogen-bond acceptors (Lipinski definition) is 6. The molecule has 0 aliphatic heterocycles. The number of primary amides is 1. The standard InChI is InChI=1S/C13H13N3O5/c1-3-21-12-5-8(4-9(7-14)13(15)17)10(16(18)19)6-11(12)20-2/h4-6H,3H2,1-2H3,(H2,15,17)/b9-4+. The maximum Gasteiger partial charge on any atom is 0.280 e. The number of carbonyl (C=O) groups excluding carboxylic acids is 1. The van der Waals surface area contributed by atoms with Gasteiger partial charge in [-0.3, -0.25) is 14.9 Å². The fourth-order valence-corrected chi connectivity index (χ4v) is 1.58. The third-order valence-electron chi connectivity index (χ3n) is 2.50. The molecule has 0 heterocycles. The zero-order chi connectivity index (χ0) is 16.0.